The molecule has 1 heterocycles. The molecule has 3 nitrogen and oxygen atoms in total. The molecule has 1 unspecified atom stereocenters. The molecule has 0 radical (unpaired) electrons. The van der Waals surface area contributed by atoms with Crippen molar-refractivity contribution in [3.05, 3.63) is 0 Å². The number of piperidine rings is 1. The van der Waals surface area contributed by atoms with Crippen LogP contribution in [-0.4, -0.2) is 62.7 Å². The summed E-state index contributed by atoms with van der Waals surface area (Å²) in [6.07, 6.45) is 2.75. The zero-order chi connectivity index (χ0) is 12.0. The Kier molecular flexibility index (Phi) is 6.32. The molecule has 0 amide bonds. The van der Waals surface area contributed by atoms with E-state index in [2.05, 4.69) is 43.1 Å². The smallest absolute Gasteiger partial charge is 0.0112 e. The van der Waals surface area contributed by atoms with E-state index in [1.54, 1.807) is 0 Å². The first-order valence-corrected chi connectivity index (χ1v) is 6.69. The first-order valence-electron chi connectivity index (χ1n) is 6.69. The van der Waals surface area contributed by atoms with Crippen LogP contribution in [0.1, 0.15) is 26.7 Å². The van der Waals surface area contributed by atoms with E-state index in [1.165, 1.54) is 45.6 Å². The number of hydrogen-bond acceptors (Lipinski definition) is 3. The molecular weight excluding hydrogens is 198 g/mol. The Labute approximate surface area is 101 Å². The van der Waals surface area contributed by atoms with Gasteiger partial charge in [-0.25, -0.2) is 0 Å². The van der Waals surface area contributed by atoms with Gasteiger partial charge < -0.3 is 10.2 Å². The van der Waals surface area contributed by atoms with E-state index in [0.717, 1.165) is 5.92 Å². The second-order valence-corrected chi connectivity index (χ2v) is 5.60. The molecule has 0 aromatic carbocycles. The van der Waals surface area contributed by atoms with Gasteiger partial charge in [-0.05, 0) is 59.8 Å². The minimum absolute atomic E-state index is 0.668. The van der Waals surface area contributed by atoms with E-state index in [-0.39, 0.29) is 0 Å². The summed E-state index contributed by atoms with van der Waals surface area (Å²) in [7, 11) is 4.31. The highest BCUT2D eigenvalue weighted by Gasteiger charge is 2.18. The van der Waals surface area contributed by atoms with Gasteiger partial charge >= 0.3 is 0 Å². The maximum Gasteiger partial charge on any atom is 0.0112 e. The van der Waals surface area contributed by atoms with E-state index in [9.17, 15) is 0 Å². The molecule has 0 aromatic rings. The van der Waals surface area contributed by atoms with Crippen LogP contribution >= 0.6 is 0 Å². The van der Waals surface area contributed by atoms with Gasteiger partial charge in [0.2, 0.25) is 0 Å². The van der Waals surface area contributed by atoms with Gasteiger partial charge in [-0.2, -0.15) is 0 Å². The summed E-state index contributed by atoms with van der Waals surface area (Å²) in [5.74, 6) is 0.860. The van der Waals surface area contributed by atoms with Crippen LogP contribution in [0.2, 0.25) is 0 Å². The number of nitrogens with zero attached hydrogens (tertiary/aromatic N) is 2. The molecule has 96 valence electrons. The van der Waals surface area contributed by atoms with Gasteiger partial charge in [0.05, 0.1) is 0 Å². The average Bonchev–Trinajstić information content (AvgIpc) is 2.25. The first-order chi connectivity index (χ1) is 7.59. The van der Waals surface area contributed by atoms with Crippen molar-refractivity contribution in [2.75, 3.05) is 46.8 Å². The van der Waals surface area contributed by atoms with Crippen LogP contribution in [0.15, 0.2) is 0 Å². The second-order valence-electron chi connectivity index (χ2n) is 5.60. The molecule has 0 aromatic heterocycles. The van der Waals surface area contributed by atoms with Gasteiger partial charge in [-0.1, -0.05) is 0 Å². The number of likely N-dealkylation sites (N-methyl/N-ethyl adjacent to an activating group) is 1. The summed E-state index contributed by atoms with van der Waals surface area (Å²) in [5.41, 5.74) is 0. The molecule has 0 saturated carbocycles. The third-order valence-corrected chi connectivity index (χ3v) is 3.46. The maximum atomic E-state index is 3.51. The number of rotatable bonds is 6. The minimum Gasteiger partial charge on any atom is -0.316 e. The van der Waals surface area contributed by atoms with Crippen molar-refractivity contribution in [3.63, 3.8) is 0 Å². The van der Waals surface area contributed by atoms with E-state index in [1.807, 2.05) is 0 Å². The Morgan fingerprint density at radius 3 is 2.50 bits per heavy atom. The van der Waals surface area contributed by atoms with Crippen molar-refractivity contribution in [2.45, 2.75) is 32.7 Å². The molecule has 1 fully saturated rings. The van der Waals surface area contributed by atoms with Crippen molar-refractivity contribution in [1.29, 1.82) is 0 Å². The van der Waals surface area contributed by atoms with Gasteiger partial charge in [0.1, 0.15) is 0 Å². The Bertz CT molecular complexity index is 174. The second kappa shape index (κ2) is 7.25. The van der Waals surface area contributed by atoms with E-state index < -0.39 is 0 Å². The van der Waals surface area contributed by atoms with Crippen molar-refractivity contribution in [1.82, 2.24) is 15.1 Å². The lowest BCUT2D eigenvalue weighted by molar-refractivity contribution is 0.158. The van der Waals surface area contributed by atoms with Gasteiger partial charge in [-0.3, -0.25) is 4.90 Å². The Hall–Kier alpha value is -0.120. The normalized spacial score (nSPS) is 22.3. The topological polar surface area (TPSA) is 18.5 Å². The van der Waals surface area contributed by atoms with E-state index >= 15 is 0 Å². The van der Waals surface area contributed by atoms with Gasteiger partial charge in [0.15, 0.2) is 0 Å². The van der Waals surface area contributed by atoms with Crippen molar-refractivity contribution in [2.24, 2.45) is 5.92 Å². The molecule has 1 rings (SSSR count). The van der Waals surface area contributed by atoms with Gasteiger partial charge in [0, 0.05) is 25.7 Å². The highest BCUT2D eigenvalue weighted by Crippen LogP contribution is 2.13. The lowest BCUT2D eigenvalue weighted by Gasteiger charge is -2.33. The van der Waals surface area contributed by atoms with Crippen LogP contribution in [0.25, 0.3) is 0 Å². The molecule has 1 atom stereocenters. The lowest BCUT2D eigenvalue weighted by atomic mass is 9.98. The molecule has 1 saturated heterocycles. The van der Waals surface area contributed by atoms with E-state index in [0.29, 0.717) is 6.04 Å². The SMILES string of the molecule is CC(C)N(CCN(C)C)CC1CCCNC1. The lowest BCUT2D eigenvalue weighted by Crippen LogP contribution is -2.43. The van der Waals surface area contributed by atoms with Crippen LogP contribution in [0, 0.1) is 5.92 Å². The van der Waals surface area contributed by atoms with Crippen LogP contribution in [0.4, 0.5) is 0 Å². The summed E-state index contributed by atoms with van der Waals surface area (Å²) in [4.78, 5) is 4.90. The zero-order valence-electron chi connectivity index (χ0n) is 11.5. The first kappa shape index (κ1) is 13.9. The monoisotopic (exact) mass is 227 g/mol. The maximum absolute atomic E-state index is 3.51. The predicted molar refractivity (Wildman–Crippen MR) is 70.9 cm³/mol. The average molecular weight is 227 g/mol. The fourth-order valence-corrected chi connectivity index (χ4v) is 2.30. The van der Waals surface area contributed by atoms with Gasteiger partial charge in [-0.15, -0.1) is 0 Å². The molecule has 0 spiro atoms. The Balaban J connectivity index is 2.31. The molecule has 16 heavy (non-hydrogen) atoms. The molecule has 0 bridgehead atoms. The van der Waals surface area contributed by atoms with Crippen molar-refractivity contribution >= 4 is 0 Å². The van der Waals surface area contributed by atoms with Crippen LogP contribution < -0.4 is 5.32 Å². The van der Waals surface area contributed by atoms with Crippen LogP contribution in [0.5, 0.6) is 0 Å². The molecule has 1 N–H and O–H groups in total. The summed E-state index contributed by atoms with van der Waals surface area (Å²) in [6, 6.07) is 0.668. The third-order valence-electron chi connectivity index (χ3n) is 3.46. The Morgan fingerprint density at radius 1 is 1.25 bits per heavy atom. The van der Waals surface area contributed by atoms with Gasteiger partial charge in [0.25, 0.3) is 0 Å². The van der Waals surface area contributed by atoms with Crippen molar-refractivity contribution < 1.29 is 0 Å². The molecule has 0 aliphatic carbocycles. The quantitative estimate of drug-likeness (QED) is 0.737. The summed E-state index contributed by atoms with van der Waals surface area (Å²) < 4.78 is 0. The molecule has 1 aliphatic rings. The third kappa shape index (κ3) is 5.28. The summed E-state index contributed by atoms with van der Waals surface area (Å²) in [5, 5.41) is 3.51. The van der Waals surface area contributed by atoms with Crippen LogP contribution in [0.3, 0.4) is 0 Å². The number of nitrogens with one attached hydrogen (secondary N) is 1. The zero-order valence-corrected chi connectivity index (χ0v) is 11.5. The summed E-state index contributed by atoms with van der Waals surface area (Å²) in [6.45, 7) is 10.7. The van der Waals surface area contributed by atoms with Crippen molar-refractivity contribution in [3.8, 4) is 0 Å². The minimum atomic E-state index is 0.668. The van der Waals surface area contributed by atoms with Crippen LogP contribution in [-0.2, 0) is 0 Å². The fourth-order valence-electron chi connectivity index (χ4n) is 2.30. The number of hydrogen-bond donors (Lipinski definition) is 1. The Morgan fingerprint density at radius 2 is 2.00 bits per heavy atom. The fraction of sp³-hybridized carbons (Fsp3) is 1.00. The molecule has 3 heteroatoms. The molecule has 1 aliphatic heterocycles. The summed E-state index contributed by atoms with van der Waals surface area (Å²) >= 11 is 0. The van der Waals surface area contributed by atoms with E-state index in [4.69, 9.17) is 0 Å². The standard InChI is InChI=1S/C13H29N3/c1-12(2)16(9-8-15(3)4)11-13-6-5-7-14-10-13/h12-14H,5-11H2,1-4H3. The highest BCUT2D eigenvalue weighted by atomic mass is 15.2. The predicted octanol–water partition coefficient (Wildman–Crippen LogP) is 1.26. The highest BCUT2D eigenvalue weighted by molar-refractivity contribution is 4.75. The largest absolute Gasteiger partial charge is 0.316 e. The molecular formula is C13H29N3.